The van der Waals surface area contributed by atoms with Crippen LogP contribution in [0.25, 0.3) is 64.7 Å². The first kappa shape index (κ1) is 37.6. The van der Waals surface area contributed by atoms with E-state index in [-0.39, 0.29) is 11.7 Å². The lowest BCUT2D eigenvalue weighted by atomic mass is 9.93. The lowest BCUT2D eigenvalue weighted by Crippen LogP contribution is -2.10. The number of hydrogen-bond donors (Lipinski definition) is 3. The molecule has 1 aromatic heterocycles. The molecule has 0 radical (unpaired) electrons. The summed E-state index contributed by atoms with van der Waals surface area (Å²) in [5.74, 6) is -0.101. The van der Waals surface area contributed by atoms with E-state index in [4.69, 9.17) is 16.6 Å². The van der Waals surface area contributed by atoms with Gasteiger partial charge in [-0.3, -0.25) is 5.41 Å². The van der Waals surface area contributed by atoms with Gasteiger partial charge in [0, 0.05) is 48.6 Å². The van der Waals surface area contributed by atoms with Crippen molar-refractivity contribution in [1.29, 1.82) is 10.8 Å². The van der Waals surface area contributed by atoms with Gasteiger partial charge in [0.2, 0.25) is 0 Å². The van der Waals surface area contributed by atoms with E-state index in [9.17, 15) is 4.39 Å². The van der Waals surface area contributed by atoms with Crippen LogP contribution in [0.5, 0.6) is 0 Å². The number of hydrogen-bond acceptors (Lipinski definition) is 3. The molecule has 0 aliphatic heterocycles. The first-order valence-electron chi connectivity index (χ1n) is 18.6. The number of benzene rings is 7. The number of nitrogen functional groups attached to an aromatic ring is 1. The Bertz CT molecular complexity index is 2680. The van der Waals surface area contributed by atoms with Crippen LogP contribution in [-0.2, 0) is 0 Å². The van der Waals surface area contributed by atoms with Crippen molar-refractivity contribution in [2.45, 2.75) is 19.8 Å². The smallest absolute Gasteiger partial charge is 0.131 e. The van der Waals surface area contributed by atoms with Gasteiger partial charge in [0.25, 0.3) is 0 Å². The minimum Gasteiger partial charge on any atom is -0.384 e. The highest BCUT2D eigenvalue weighted by molar-refractivity contribution is 7.27. The molecule has 5 heteroatoms. The van der Waals surface area contributed by atoms with Crippen LogP contribution in [0.4, 0.5) is 4.39 Å². The molecule has 0 amide bonds. The van der Waals surface area contributed by atoms with E-state index in [0.717, 1.165) is 54.4 Å². The van der Waals surface area contributed by atoms with Crippen molar-refractivity contribution >= 4 is 43.6 Å². The zero-order valence-corrected chi connectivity index (χ0v) is 32.0. The van der Waals surface area contributed by atoms with Crippen LogP contribution in [0, 0.1) is 16.6 Å². The molecule has 0 bridgehead atoms. The quantitative estimate of drug-likeness (QED) is 0.115. The maximum absolute atomic E-state index is 14.4. The van der Waals surface area contributed by atoms with Gasteiger partial charge in [0.1, 0.15) is 11.7 Å². The SMILES string of the molecule is CC1=CCCC=C1.N=C(N)c1ccccc1.N=Cc1ccc(-c2ccc(-c3ccccc3F)cc2)c2sc3c(-c4ccccc4)cc(-c4ccccc4)cc3c12. The molecule has 0 saturated heterocycles. The summed E-state index contributed by atoms with van der Waals surface area (Å²) < 4.78 is 16.8. The minimum atomic E-state index is -0.222. The summed E-state index contributed by atoms with van der Waals surface area (Å²) in [7, 11) is 0. The van der Waals surface area contributed by atoms with Crippen LogP contribution >= 0.6 is 11.3 Å². The van der Waals surface area contributed by atoms with E-state index in [1.54, 1.807) is 17.4 Å². The molecular weight excluding hydrogens is 706 g/mol. The average Bonchev–Trinajstić information content (AvgIpc) is 3.65. The van der Waals surface area contributed by atoms with Gasteiger partial charge in [0.05, 0.1) is 0 Å². The lowest BCUT2D eigenvalue weighted by Gasteiger charge is -2.10. The predicted octanol–water partition coefficient (Wildman–Crippen LogP) is 14.1. The molecule has 56 heavy (non-hydrogen) atoms. The van der Waals surface area contributed by atoms with Crippen LogP contribution in [0.1, 0.15) is 30.9 Å². The van der Waals surface area contributed by atoms with Crippen molar-refractivity contribution in [3.8, 4) is 44.5 Å². The molecule has 0 saturated carbocycles. The lowest BCUT2D eigenvalue weighted by molar-refractivity contribution is 0.631. The fraction of sp³-hybridized carbons (Fsp3) is 0.0588. The predicted molar refractivity (Wildman–Crippen MR) is 239 cm³/mol. The Morgan fingerprint density at radius 3 is 1.75 bits per heavy atom. The van der Waals surface area contributed by atoms with E-state index >= 15 is 0 Å². The molecule has 3 nitrogen and oxygen atoms in total. The maximum atomic E-state index is 14.4. The third-order valence-corrected chi connectivity index (χ3v) is 11.0. The minimum absolute atomic E-state index is 0.121. The van der Waals surface area contributed by atoms with Crippen molar-refractivity contribution < 1.29 is 4.39 Å². The molecule has 0 spiro atoms. The normalized spacial score (nSPS) is 11.9. The number of thiophene rings is 1. The second-order valence-electron chi connectivity index (χ2n) is 13.6. The van der Waals surface area contributed by atoms with Gasteiger partial charge in [-0.1, -0.05) is 169 Å². The van der Waals surface area contributed by atoms with Gasteiger partial charge < -0.3 is 11.1 Å². The number of amidine groups is 1. The van der Waals surface area contributed by atoms with E-state index in [0.29, 0.717) is 5.56 Å². The average molecular weight is 748 g/mol. The van der Waals surface area contributed by atoms with Crippen molar-refractivity contribution in [2.24, 2.45) is 5.73 Å². The fourth-order valence-corrected chi connectivity index (χ4v) is 8.26. The Morgan fingerprint density at radius 1 is 0.607 bits per heavy atom. The molecule has 1 aliphatic rings. The topological polar surface area (TPSA) is 73.7 Å². The monoisotopic (exact) mass is 747 g/mol. The van der Waals surface area contributed by atoms with Gasteiger partial charge in [0.15, 0.2) is 0 Å². The van der Waals surface area contributed by atoms with Crippen molar-refractivity contribution in [2.75, 3.05) is 0 Å². The van der Waals surface area contributed by atoms with Crippen LogP contribution in [0.3, 0.4) is 0 Å². The summed E-state index contributed by atoms with van der Waals surface area (Å²) in [4.78, 5) is 0. The van der Waals surface area contributed by atoms with E-state index in [1.807, 2.05) is 72.8 Å². The van der Waals surface area contributed by atoms with E-state index < -0.39 is 0 Å². The molecule has 0 atom stereocenters. The van der Waals surface area contributed by atoms with Gasteiger partial charge in [-0.15, -0.1) is 11.3 Å². The highest BCUT2D eigenvalue weighted by Gasteiger charge is 2.18. The second kappa shape index (κ2) is 17.6. The third-order valence-electron chi connectivity index (χ3n) is 9.75. The van der Waals surface area contributed by atoms with Crippen molar-refractivity contribution in [3.05, 3.63) is 205 Å². The highest BCUT2D eigenvalue weighted by Crippen LogP contribution is 2.47. The molecular formula is C51H42FN3S. The van der Waals surface area contributed by atoms with Crippen molar-refractivity contribution in [1.82, 2.24) is 0 Å². The number of fused-ring (bicyclic) bond motifs is 3. The molecule has 7 aromatic carbocycles. The third kappa shape index (κ3) is 8.49. The summed E-state index contributed by atoms with van der Waals surface area (Å²) in [5, 5.41) is 17.5. The summed E-state index contributed by atoms with van der Waals surface area (Å²) in [6, 6.07) is 53.9. The summed E-state index contributed by atoms with van der Waals surface area (Å²) >= 11 is 1.78. The Labute approximate surface area is 332 Å². The summed E-state index contributed by atoms with van der Waals surface area (Å²) in [5.41, 5.74) is 16.6. The molecule has 8 aromatic rings. The molecule has 9 rings (SSSR count). The van der Waals surface area contributed by atoms with Gasteiger partial charge in [-0.25, -0.2) is 4.39 Å². The number of halogens is 1. The number of nitrogens with one attached hydrogen (secondary N) is 2. The van der Waals surface area contributed by atoms with Gasteiger partial charge in [-0.05, 0) is 71.3 Å². The zero-order chi connectivity index (χ0) is 38.9. The molecule has 4 N–H and O–H groups in total. The van der Waals surface area contributed by atoms with E-state index in [2.05, 4.69) is 104 Å². The van der Waals surface area contributed by atoms with Gasteiger partial charge >= 0.3 is 0 Å². The Balaban J connectivity index is 0.000000249. The summed E-state index contributed by atoms with van der Waals surface area (Å²) in [6.07, 6.45) is 10.6. The Kier molecular flexibility index (Phi) is 11.8. The van der Waals surface area contributed by atoms with Crippen LogP contribution in [0.2, 0.25) is 0 Å². The van der Waals surface area contributed by atoms with Crippen LogP contribution < -0.4 is 5.73 Å². The van der Waals surface area contributed by atoms with Crippen LogP contribution in [-0.4, -0.2) is 12.1 Å². The van der Waals surface area contributed by atoms with E-state index in [1.165, 1.54) is 46.5 Å². The number of rotatable bonds is 6. The number of allylic oxidation sites excluding steroid dienone is 4. The Hall–Kier alpha value is -6.69. The molecule has 1 aliphatic carbocycles. The first-order chi connectivity index (χ1) is 27.4. The molecule has 274 valence electrons. The maximum Gasteiger partial charge on any atom is 0.131 e. The van der Waals surface area contributed by atoms with Crippen LogP contribution in [0.15, 0.2) is 188 Å². The molecule has 0 fully saturated rings. The molecule has 1 heterocycles. The second-order valence-corrected chi connectivity index (χ2v) is 14.6. The van der Waals surface area contributed by atoms with Crippen molar-refractivity contribution in [3.63, 3.8) is 0 Å². The summed E-state index contributed by atoms with van der Waals surface area (Å²) in [6.45, 7) is 2.13. The zero-order valence-electron chi connectivity index (χ0n) is 31.2. The highest BCUT2D eigenvalue weighted by atomic mass is 32.1. The Morgan fingerprint density at radius 2 is 1.20 bits per heavy atom. The largest absolute Gasteiger partial charge is 0.384 e. The first-order valence-corrected chi connectivity index (χ1v) is 19.5. The van der Waals surface area contributed by atoms with Gasteiger partial charge in [-0.2, -0.15) is 0 Å². The number of nitrogens with two attached hydrogens (primary N) is 1. The fourth-order valence-electron chi connectivity index (χ4n) is 6.87. The molecule has 0 unspecified atom stereocenters. The standard InChI is InChI=1S/C37H24FNS.C7H8N2.C7H10/c38-34-14-8-7-13-30(34)26-15-17-27(18-16-26)31-20-19-28(23-39)35-33-22-29(24-9-3-1-4-10-24)21-32(36(33)40-37(31)35)25-11-5-2-6-12-25;8-7(9)6-4-2-1-3-5-6;1-7-5-3-2-4-6-7/h1-23,39H;1-5H,(H3,8,9);3,5-6H,2,4H2,1H3.